The van der Waals surface area contributed by atoms with Crippen molar-refractivity contribution in [3.05, 3.63) is 59.9 Å². The Balaban J connectivity index is 1.54. The van der Waals surface area contributed by atoms with E-state index < -0.39 is 18.2 Å². The first-order chi connectivity index (χ1) is 14.9. The number of aryl methyl sites for hydroxylation is 1. The van der Waals surface area contributed by atoms with Gasteiger partial charge < -0.3 is 15.2 Å². The summed E-state index contributed by atoms with van der Waals surface area (Å²) in [6.07, 6.45) is -0.0254. The van der Waals surface area contributed by atoms with Gasteiger partial charge in [0, 0.05) is 23.7 Å². The van der Waals surface area contributed by atoms with Gasteiger partial charge in [-0.15, -0.1) is 6.58 Å². The van der Waals surface area contributed by atoms with Crippen LogP contribution in [0, 0.1) is 18.8 Å². The molecule has 1 heterocycles. The van der Waals surface area contributed by atoms with Crippen LogP contribution in [0.5, 0.6) is 0 Å². The predicted octanol–water partition coefficient (Wildman–Crippen LogP) is 5.12. The molecule has 7 heteroatoms. The number of aliphatic hydroxyl groups excluding tert-OH is 1. The second kappa shape index (κ2) is 7.89. The van der Waals surface area contributed by atoms with E-state index in [2.05, 4.69) is 30.3 Å². The van der Waals surface area contributed by atoms with E-state index in [4.69, 9.17) is 4.74 Å². The molecule has 0 amide bonds. The number of hydrogen-bond acceptors (Lipinski definition) is 4. The fourth-order valence-electron chi connectivity index (χ4n) is 6.00. The van der Waals surface area contributed by atoms with Crippen molar-refractivity contribution in [3.8, 4) is 0 Å². The molecule has 176 valence electrons. The van der Waals surface area contributed by atoms with Crippen LogP contribution in [0.2, 0.25) is 0 Å². The van der Waals surface area contributed by atoms with E-state index in [0.717, 1.165) is 25.7 Å². The molecular formula is C25H33F3N2O2. The Labute approximate surface area is 188 Å². The second-order valence-electron chi connectivity index (χ2n) is 10.1. The lowest BCUT2D eigenvalue weighted by Gasteiger charge is -2.49. The van der Waals surface area contributed by atoms with Crippen LogP contribution in [0.3, 0.4) is 0 Å². The largest absolute Gasteiger partial charge is 0.457 e. The van der Waals surface area contributed by atoms with Gasteiger partial charge in [0.1, 0.15) is 0 Å². The predicted molar refractivity (Wildman–Crippen MR) is 117 cm³/mol. The quantitative estimate of drug-likeness (QED) is 0.344. The third-order valence-corrected chi connectivity index (χ3v) is 7.55. The summed E-state index contributed by atoms with van der Waals surface area (Å²) in [4.78, 5) is 2.15. The zero-order valence-electron chi connectivity index (χ0n) is 19.0. The second-order valence-corrected chi connectivity index (χ2v) is 10.1. The van der Waals surface area contributed by atoms with E-state index in [1.165, 1.54) is 12.1 Å². The molecular weight excluding hydrogens is 417 g/mol. The number of hydrogen-bond donors (Lipinski definition) is 2. The number of nitrogens with one attached hydrogen (secondary N) is 1. The number of likely N-dealkylation sites (tertiary alicyclic amines) is 1. The van der Waals surface area contributed by atoms with Crippen LogP contribution in [0.15, 0.2) is 43.2 Å². The average Bonchev–Trinajstić information content (AvgIpc) is 3.53. The first-order valence-corrected chi connectivity index (χ1v) is 11.2. The normalized spacial score (nSPS) is 35.0. The van der Waals surface area contributed by atoms with Gasteiger partial charge in [0.25, 0.3) is 6.41 Å². The van der Waals surface area contributed by atoms with Crippen LogP contribution in [-0.4, -0.2) is 33.5 Å². The average molecular weight is 451 g/mol. The SMILES string of the molecule is C=C[C@@H]1C[C@@]12C[C@@H](NCc1cc(C)cc(C(F)(F)F)c1)CC1(C[C@H]1C)N2C(O)OC(=C)C. The summed E-state index contributed by atoms with van der Waals surface area (Å²) in [5.41, 5.74) is 0.187. The van der Waals surface area contributed by atoms with E-state index in [0.29, 0.717) is 29.3 Å². The van der Waals surface area contributed by atoms with Crippen LogP contribution in [0.1, 0.15) is 56.2 Å². The molecule has 1 aliphatic heterocycles. The molecule has 3 fully saturated rings. The minimum atomic E-state index is -4.35. The number of piperidine rings is 1. The zero-order valence-corrected chi connectivity index (χ0v) is 19.0. The highest BCUT2D eigenvalue weighted by Gasteiger charge is 2.72. The Kier molecular flexibility index (Phi) is 5.75. The smallest absolute Gasteiger partial charge is 0.416 e. The van der Waals surface area contributed by atoms with Gasteiger partial charge in [0.2, 0.25) is 0 Å². The first-order valence-electron chi connectivity index (χ1n) is 11.2. The molecule has 3 aliphatic rings. The van der Waals surface area contributed by atoms with Crippen LogP contribution < -0.4 is 5.32 Å². The van der Waals surface area contributed by atoms with Gasteiger partial charge in [0.05, 0.1) is 11.3 Å². The van der Waals surface area contributed by atoms with Crippen LogP contribution >= 0.6 is 0 Å². The summed E-state index contributed by atoms with van der Waals surface area (Å²) in [6, 6.07) is 4.35. The lowest BCUT2D eigenvalue weighted by Crippen LogP contribution is -2.62. The van der Waals surface area contributed by atoms with Gasteiger partial charge in [-0.2, -0.15) is 13.2 Å². The van der Waals surface area contributed by atoms with E-state index in [9.17, 15) is 18.3 Å². The number of allylic oxidation sites excluding steroid dienone is 1. The van der Waals surface area contributed by atoms with Crippen LogP contribution in [0.25, 0.3) is 0 Å². The summed E-state index contributed by atoms with van der Waals surface area (Å²) in [5.74, 6) is 1.11. The third-order valence-electron chi connectivity index (χ3n) is 7.55. The lowest BCUT2D eigenvalue weighted by molar-refractivity contribution is -0.225. The number of rotatable bonds is 7. The molecule has 2 spiro atoms. The van der Waals surface area contributed by atoms with Crippen LogP contribution in [0.4, 0.5) is 13.2 Å². The summed E-state index contributed by atoms with van der Waals surface area (Å²) >= 11 is 0. The summed E-state index contributed by atoms with van der Waals surface area (Å²) in [5, 5.41) is 14.5. The maximum Gasteiger partial charge on any atom is 0.416 e. The molecule has 4 nitrogen and oxygen atoms in total. The van der Waals surface area contributed by atoms with E-state index in [-0.39, 0.29) is 23.0 Å². The molecule has 1 aromatic carbocycles. The maximum absolute atomic E-state index is 13.2. The number of alkyl halides is 3. The molecule has 2 aliphatic carbocycles. The van der Waals surface area contributed by atoms with Crippen molar-refractivity contribution in [2.45, 2.75) is 82.7 Å². The summed E-state index contributed by atoms with van der Waals surface area (Å²) in [6.45, 7) is 13.7. The fourth-order valence-corrected chi connectivity index (χ4v) is 6.00. The molecule has 0 bridgehead atoms. The van der Waals surface area contributed by atoms with Gasteiger partial charge in [-0.1, -0.05) is 31.2 Å². The molecule has 4 rings (SSSR count). The molecule has 6 atom stereocenters. The minimum Gasteiger partial charge on any atom is -0.457 e. The Bertz CT molecular complexity index is 917. The van der Waals surface area contributed by atoms with E-state index in [1.54, 1.807) is 19.9 Å². The minimum absolute atomic E-state index is 0.132. The van der Waals surface area contributed by atoms with Crippen molar-refractivity contribution in [1.82, 2.24) is 10.2 Å². The molecule has 1 saturated heterocycles. The Morgan fingerprint density at radius 1 is 1.28 bits per heavy atom. The molecule has 2 N–H and O–H groups in total. The van der Waals surface area contributed by atoms with Crippen molar-refractivity contribution < 1.29 is 23.0 Å². The topological polar surface area (TPSA) is 44.7 Å². The molecule has 0 aromatic heterocycles. The Morgan fingerprint density at radius 2 is 1.94 bits per heavy atom. The standard InChI is InChI=1S/C25H33F3N2O2/c1-6-19-11-24(19)13-21(12-23(10-17(23)5)30(24)22(31)32-15(2)3)29-14-18-7-16(4)8-20(9-18)25(26,27)28/h6-9,17,19,21-22,29,31H,1-2,10-14H2,3-5H3/t17-,19-,21+,22?,23?,24-/m1/s1. The summed E-state index contributed by atoms with van der Waals surface area (Å²) < 4.78 is 45.3. The zero-order chi connectivity index (χ0) is 23.5. The van der Waals surface area contributed by atoms with E-state index >= 15 is 0 Å². The van der Waals surface area contributed by atoms with Gasteiger partial charge in [0.15, 0.2) is 0 Å². The van der Waals surface area contributed by atoms with Gasteiger partial charge in [-0.3, -0.25) is 0 Å². The number of nitrogens with zero attached hydrogens (tertiary/aromatic N) is 1. The lowest BCUT2D eigenvalue weighted by atomic mass is 9.85. The number of halogens is 3. The van der Waals surface area contributed by atoms with Gasteiger partial charge in [-0.25, -0.2) is 4.90 Å². The molecule has 0 radical (unpaired) electrons. The highest BCUT2D eigenvalue weighted by atomic mass is 19.4. The monoisotopic (exact) mass is 450 g/mol. The van der Waals surface area contributed by atoms with Gasteiger partial charge in [-0.05, 0) is 69.1 Å². The van der Waals surface area contributed by atoms with Crippen molar-refractivity contribution in [2.24, 2.45) is 11.8 Å². The molecule has 1 aromatic rings. The van der Waals surface area contributed by atoms with Crippen molar-refractivity contribution in [2.75, 3.05) is 0 Å². The van der Waals surface area contributed by atoms with Crippen molar-refractivity contribution in [3.63, 3.8) is 0 Å². The Morgan fingerprint density at radius 3 is 2.47 bits per heavy atom. The third kappa shape index (κ3) is 4.11. The summed E-state index contributed by atoms with van der Waals surface area (Å²) in [7, 11) is 0. The molecule has 2 unspecified atom stereocenters. The Hall–Kier alpha value is -1.83. The van der Waals surface area contributed by atoms with Gasteiger partial charge >= 0.3 is 6.18 Å². The maximum atomic E-state index is 13.2. The fraction of sp³-hybridized carbons (Fsp3) is 0.600. The number of aliphatic hydroxyl groups is 1. The van der Waals surface area contributed by atoms with E-state index in [1.807, 2.05) is 6.08 Å². The molecule has 32 heavy (non-hydrogen) atoms. The highest BCUT2D eigenvalue weighted by Crippen LogP contribution is 2.66. The molecule has 2 saturated carbocycles. The van der Waals surface area contributed by atoms with Crippen molar-refractivity contribution >= 4 is 0 Å². The van der Waals surface area contributed by atoms with Crippen molar-refractivity contribution in [1.29, 1.82) is 0 Å². The highest BCUT2D eigenvalue weighted by molar-refractivity contribution is 5.32. The van der Waals surface area contributed by atoms with Crippen LogP contribution in [-0.2, 0) is 17.5 Å². The number of ether oxygens (including phenoxy) is 1. The first kappa shape index (κ1) is 23.3. The number of benzene rings is 1.